The number of carbonyl (C=O) groups excluding carboxylic acids is 1. The fourth-order valence-electron chi connectivity index (χ4n) is 2.97. The number of pyridine rings is 1. The predicted octanol–water partition coefficient (Wildman–Crippen LogP) is 4.64. The Labute approximate surface area is 198 Å². The Bertz CT molecular complexity index is 1240. The predicted molar refractivity (Wildman–Crippen MR) is 130 cm³/mol. The van der Waals surface area contributed by atoms with Crippen LogP contribution < -0.4 is 5.43 Å². The first kappa shape index (κ1) is 21.9. The first-order valence-corrected chi connectivity index (χ1v) is 11.5. The van der Waals surface area contributed by atoms with Gasteiger partial charge in [-0.2, -0.15) is 5.10 Å². The molecule has 4 rings (SSSR count). The van der Waals surface area contributed by atoms with Crippen LogP contribution in [0.4, 0.5) is 0 Å². The van der Waals surface area contributed by atoms with Crippen molar-refractivity contribution in [2.75, 3.05) is 5.75 Å². The minimum Gasteiger partial charge on any atom is -0.272 e. The Morgan fingerprint density at radius 3 is 2.66 bits per heavy atom. The summed E-state index contributed by atoms with van der Waals surface area (Å²) in [4.78, 5) is 16.4. The third-order valence-electron chi connectivity index (χ3n) is 4.43. The molecule has 0 radical (unpaired) electrons. The number of aromatic nitrogens is 4. The summed E-state index contributed by atoms with van der Waals surface area (Å²) in [5.41, 5.74) is 6.40. The second-order valence-electron chi connectivity index (χ2n) is 6.85. The largest absolute Gasteiger partial charge is 0.272 e. The van der Waals surface area contributed by atoms with E-state index < -0.39 is 0 Å². The number of benzene rings is 2. The number of carbonyl (C=O) groups is 1. The van der Waals surface area contributed by atoms with Gasteiger partial charge in [0.25, 0.3) is 5.91 Å². The van der Waals surface area contributed by atoms with Crippen LogP contribution in [0.5, 0.6) is 0 Å². The minimum atomic E-state index is -0.227. The average Bonchev–Trinajstić information content (AvgIpc) is 3.23. The summed E-state index contributed by atoms with van der Waals surface area (Å²) in [7, 11) is 0. The zero-order valence-corrected chi connectivity index (χ0v) is 19.5. The summed E-state index contributed by atoms with van der Waals surface area (Å²) in [5, 5.41) is 13.3. The average molecular weight is 507 g/mol. The molecule has 0 saturated carbocycles. The lowest BCUT2D eigenvalue weighted by Crippen LogP contribution is -2.20. The van der Waals surface area contributed by atoms with Crippen molar-refractivity contribution in [3.63, 3.8) is 0 Å². The van der Waals surface area contributed by atoms with Crippen LogP contribution in [-0.2, 0) is 4.79 Å². The monoisotopic (exact) mass is 506 g/mol. The standard InChI is InChI=1S/C23H19BrN6OS/c1-16-3-2-4-17(13-16)14-26-27-21(31)15-32-23-29-28-22(18-9-11-25-12-10-18)30(23)20-7-5-19(24)6-8-20/h2-14H,15H2,1H3,(H,27,31)/b26-14+. The highest BCUT2D eigenvalue weighted by atomic mass is 79.9. The second-order valence-corrected chi connectivity index (χ2v) is 8.71. The lowest BCUT2D eigenvalue weighted by Gasteiger charge is -2.10. The van der Waals surface area contributed by atoms with Gasteiger partial charge in [-0.25, -0.2) is 5.43 Å². The van der Waals surface area contributed by atoms with Gasteiger partial charge in [0.15, 0.2) is 11.0 Å². The van der Waals surface area contributed by atoms with Crippen LogP contribution >= 0.6 is 27.7 Å². The van der Waals surface area contributed by atoms with Crippen molar-refractivity contribution in [1.82, 2.24) is 25.2 Å². The molecule has 9 heteroatoms. The summed E-state index contributed by atoms with van der Waals surface area (Å²) < 4.78 is 2.90. The Morgan fingerprint density at radius 2 is 1.91 bits per heavy atom. The van der Waals surface area contributed by atoms with Gasteiger partial charge in [0.1, 0.15) is 0 Å². The van der Waals surface area contributed by atoms with E-state index in [-0.39, 0.29) is 11.7 Å². The van der Waals surface area contributed by atoms with Crippen LogP contribution in [-0.4, -0.2) is 37.6 Å². The number of nitrogens with one attached hydrogen (secondary N) is 1. The van der Waals surface area contributed by atoms with Gasteiger partial charge >= 0.3 is 0 Å². The van der Waals surface area contributed by atoms with Gasteiger partial charge in [0, 0.05) is 28.1 Å². The van der Waals surface area contributed by atoms with Gasteiger partial charge in [0.2, 0.25) is 0 Å². The van der Waals surface area contributed by atoms with Crippen LogP contribution in [0.1, 0.15) is 11.1 Å². The topological polar surface area (TPSA) is 85.1 Å². The quantitative estimate of drug-likeness (QED) is 0.224. The fourth-order valence-corrected chi connectivity index (χ4v) is 3.97. The van der Waals surface area contributed by atoms with Gasteiger partial charge in [-0.3, -0.25) is 14.3 Å². The molecule has 0 fully saturated rings. The first-order valence-electron chi connectivity index (χ1n) is 9.73. The summed E-state index contributed by atoms with van der Waals surface area (Å²) >= 11 is 4.76. The molecule has 0 saturated heterocycles. The molecule has 0 aliphatic rings. The number of rotatable bonds is 7. The molecule has 0 aliphatic heterocycles. The molecule has 0 atom stereocenters. The van der Waals surface area contributed by atoms with E-state index in [4.69, 9.17) is 0 Å². The van der Waals surface area contributed by atoms with E-state index in [1.54, 1.807) is 18.6 Å². The van der Waals surface area contributed by atoms with Crippen molar-refractivity contribution in [3.05, 3.63) is 88.7 Å². The molecule has 0 unspecified atom stereocenters. The van der Waals surface area contributed by atoms with E-state index >= 15 is 0 Å². The number of nitrogens with zero attached hydrogens (tertiary/aromatic N) is 5. The molecule has 4 aromatic rings. The molecule has 1 amide bonds. The number of aryl methyl sites for hydroxylation is 1. The van der Waals surface area contributed by atoms with Crippen LogP contribution in [0, 0.1) is 6.92 Å². The van der Waals surface area contributed by atoms with Gasteiger partial charge in [0.05, 0.1) is 12.0 Å². The highest BCUT2D eigenvalue weighted by molar-refractivity contribution is 9.10. The number of amides is 1. The molecule has 0 bridgehead atoms. The molecular formula is C23H19BrN6OS. The fraction of sp³-hybridized carbons (Fsp3) is 0.0870. The van der Waals surface area contributed by atoms with Crippen LogP contribution in [0.3, 0.4) is 0 Å². The van der Waals surface area contributed by atoms with Gasteiger partial charge in [-0.05, 0) is 48.9 Å². The molecule has 0 aliphatic carbocycles. The van der Waals surface area contributed by atoms with Crippen LogP contribution in [0.15, 0.2) is 87.8 Å². The van der Waals surface area contributed by atoms with Gasteiger partial charge in [-0.15, -0.1) is 10.2 Å². The third kappa shape index (κ3) is 5.49. The number of hydrogen-bond acceptors (Lipinski definition) is 6. The summed E-state index contributed by atoms with van der Waals surface area (Å²) in [6.45, 7) is 2.01. The molecule has 7 nitrogen and oxygen atoms in total. The summed E-state index contributed by atoms with van der Waals surface area (Å²) in [5.74, 6) is 0.598. The summed E-state index contributed by atoms with van der Waals surface area (Å²) in [6.07, 6.45) is 5.05. The summed E-state index contributed by atoms with van der Waals surface area (Å²) in [6, 6.07) is 19.5. The zero-order chi connectivity index (χ0) is 22.3. The van der Waals surface area contributed by atoms with Crippen LogP contribution in [0.25, 0.3) is 17.1 Å². The Morgan fingerprint density at radius 1 is 1.12 bits per heavy atom. The molecule has 2 heterocycles. The van der Waals surface area contributed by atoms with Crippen molar-refractivity contribution < 1.29 is 4.79 Å². The molecule has 1 N–H and O–H groups in total. The normalized spacial score (nSPS) is 11.1. The Hall–Kier alpha value is -3.30. The number of hydrazone groups is 1. The second kappa shape index (κ2) is 10.3. The van der Waals surface area contributed by atoms with Gasteiger partial charge < -0.3 is 0 Å². The molecular weight excluding hydrogens is 488 g/mol. The van der Waals surface area contributed by atoms with E-state index in [0.29, 0.717) is 11.0 Å². The van der Waals surface area contributed by atoms with E-state index in [9.17, 15) is 4.79 Å². The Balaban J connectivity index is 1.50. The first-order chi connectivity index (χ1) is 15.6. The van der Waals surface area contributed by atoms with Crippen molar-refractivity contribution in [1.29, 1.82) is 0 Å². The maximum atomic E-state index is 12.3. The SMILES string of the molecule is Cc1cccc(/C=N/NC(=O)CSc2nnc(-c3ccncc3)n2-c2ccc(Br)cc2)c1. The van der Waals surface area contributed by atoms with Crippen molar-refractivity contribution in [2.24, 2.45) is 5.10 Å². The van der Waals surface area contributed by atoms with E-state index in [2.05, 4.69) is 41.6 Å². The molecule has 160 valence electrons. The highest BCUT2D eigenvalue weighted by Crippen LogP contribution is 2.28. The maximum absolute atomic E-state index is 12.3. The maximum Gasteiger partial charge on any atom is 0.250 e. The number of thioether (sulfide) groups is 1. The number of hydrogen-bond donors (Lipinski definition) is 1. The Kier molecular flexibility index (Phi) is 7.08. The lowest BCUT2D eigenvalue weighted by atomic mass is 10.2. The van der Waals surface area contributed by atoms with Crippen molar-refractivity contribution >= 4 is 39.8 Å². The van der Waals surface area contributed by atoms with E-state index in [1.165, 1.54) is 11.8 Å². The van der Waals surface area contributed by atoms with E-state index in [1.807, 2.05) is 72.2 Å². The van der Waals surface area contributed by atoms with Gasteiger partial charge in [-0.1, -0.05) is 57.5 Å². The van der Waals surface area contributed by atoms with E-state index in [0.717, 1.165) is 26.9 Å². The van der Waals surface area contributed by atoms with Crippen molar-refractivity contribution in [3.8, 4) is 17.1 Å². The molecule has 32 heavy (non-hydrogen) atoms. The minimum absolute atomic E-state index is 0.149. The number of halogens is 1. The molecule has 2 aromatic carbocycles. The van der Waals surface area contributed by atoms with Crippen molar-refractivity contribution in [2.45, 2.75) is 12.1 Å². The van der Waals surface area contributed by atoms with Crippen LogP contribution in [0.2, 0.25) is 0 Å². The smallest absolute Gasteiger partial charge is 0.250 e. The lowest BCUT2D eigenvalue weighted by molar-refractivity contribution is -0.118. The molecule has 2 aromatic heterocycles. The zero-order valence-electron chi connectivity index (χ0n) is 17.1. The highest BCUT2D eigenvalue weighted by Gasteiger charge is 2.17. The third-order valence-corrected chi connectivity index (χ3v) is 5.89. The molecule has 0 spiro atoms.